The summed E-state index contributed by atoms with van der Waals surface area (Å²) in [5.41, 5.74) is 2.61. The molecule has 0 atom stereocenters. The molecule has 2 nitrogen and oxygen atoms in total. The number of hydrogen-bond acceptors (Lipinski definition) is 3. The first-order chi connectivity index (χ1) is 11.1. The van der Waals surface area contributed by atoms with Crippen LogP contribution in [0.5, 0.6) is 0 Å². The number of likely N-dealkylation sites (N-methyl/N-ethyl adjacent to an activating group) is 1. The predicted molar refractivity (Wildman–Crippen MR) is 101 cm³/mol. The normalized spacial score (nSPS) is 11.5. The van der Waals surface area contributed by atoms with Gasteiger partial charge in [-0.3, -0.25) is 0 Å². The van der Waals surface area contributed by atoms with E-state index in [-0.39, 0.29) is 0 Å². The van der Waals surface area contributed by atoms with Crippen LogP contribution in [0.2, 0.25) is 5.15 Å². The zero-order valence-electron chi connectivity index (χ0n) is 13.6. The summed E-state index contributed by atoms with van der Waals surface area (Å²) in [6.45, 7) is 1.08. The number of pyridine rings is 1. The molecule has 2 aromatic heterocycles. The molecule has 0 aliphatic heterocycles. The van der Waals surface area contributed by atoms with Gasteiger partial charge >= 0.3 is 0 Å². The predicted octanol–water partition coefficient (Wildman–Crippen LogP) is 4.84. The largest absolute Gasteiger partial charge is 0.309 e. The lowest BCUT2D eigenvalue weighted by Gasteiger charge is -2.10. The summed E-state index contributed by atoms with van der Waals surface area (Å²) in [7, 11) is 4.25. The molecule has 0 saturated carbocycles. The molecule has 120 valence electrons. The number of aryl methyl sites for hydroxylation is 2. The fraction of sp³-hybridized carbons (Fsp3) is 0.316. The van der Waals surface area contributed by atoms with Crippen molar-refractivity contribution in [2.24, 2.45) is 0 Å². The second-order valence-electron chi connectivity index (χ2n) is 6.01. The molecule has 0 fully saturated rings. The van der Waals surface area contributed by atoms with E-state index in [0.29, 0.717) is 5.15 Å². The van der Waals surface area contributed by atoms with E-state index >= 15 is 0 Å². The van der Waals surface area contributed by atoms with Crippen LogP contribution < -0.4 is 0 Å². The number of thiophene rings is 1. The molecular formula is C19H21ClN2S. The van der Waals surface area contributed by atoms with Gasteiger partial charge in [-0.15, -0.1) is 11.3 Å². The van der Waals surface area contributed by atoms with E-state index in [9.17, 15) is 0 Å². The summed E-state index contributed by atoms with van der Waals surface area (Å²) in [4.78, 5) is 7.93. The molecule has 0 spiro atoms. The number of halogens is 1. The van der Waals surface area contributed by atoms with E-state index in [1.54, 1.807) is 6.20 Å². The SMILES string of the molecule is CN(C)CCc1sc2ccccc2c1CCc1cccnc1Cl. The van der Waals surface area contributed by atoms with Crippen LogP contribution in [0.3, 0.4) is 0 Å². The first-order valence-corrected chi connectivity index (χ1v) is 9.08. The summed E-state index contributed by atoms with van der Waals surface area (Å²) >= 11 is 8.14. The third-order valence-corrected chi connectivity index (χ3v) is 5.66. The van der Waals surface area contributed by atoms with E-state index in [4.69, 9.17) is 11.6 Å². The number of hydrogen-bond donors (Lipinski definition) is 0. The summed E-state index contributed by atoms with van der Waals surface area (Å²) in [6, 6.07) is 12.7. The lowest BCUT2D eigenvalue weighted by atomic mass is 10.0. The standard InChI is InChI=1S/C19H21ClN2S/c1-22(2)13-11-18-16(15-7-3-4-8-17(15)23-18)10-9-14-6-5-12-21-19(14)20/h3-8,12H,9-11,13H2,1-2H3. The summed E-state index contributed by atoms with van der Waals surface area (Å²) in [5, 5.41) is 2.02. The quantitative estimate of drug-likeness (QED) is 0.595. The molecule has 0 unspecified atom stereocenters. The number of aromatic nitrogens is 1. The van der Waals surface area contributed by atoms with Gasteiger partial charge in [-0.1, -0.05) is 35.9 Å². The highest BCUT2D eigenvalue weighted by atomic mass is 35.5. The number of benzene rings is 1. The summed E-state index contributed by atoms with van der Waals surface area (Å²) < 4.78 is 1.38. The maximum atomic E-state index is 6.21. The fourth-order valence-corrected chi connectivity index (χ4v) is 4.27. The average Bonchev–Trinajstić information content (AvgIpc) is 2.90. The minimum Gasteiger partial charge on any atom is -0.309 e. The second kappa shape index (κ2) is 7.43. The van der Waals surface area contributed by atoms with Gasteiger partial charge in [0.05, 0.1) is 0 Å². The molecule has 0 radical (unpaired) electrons. The molecule has 0 aliphatic rings. The Labute approximate surface area is 146 Å². The third-order valence-electron chi connectivity index (χ3n) is 4.05. The molecule has 23 heavy (non-hydrogen) atoms. The van der Waals surface area contributed by atoms with Crippen molar-refractivity contribution in [1.29, 1.82) is 0 Å². The van der Waals surface area contributed by atoms with Gasteiger partial charge in [0.1, 0.15) is 5.15 Å². The van der Waals surface area contributed by atoms with Crippen LogP contribution in [0.25, 0.3) is 10.1 Å². The molecule has 0 aliphatic carbocycles. The lowest BCUT2D eigenvalue weighted by Crippen LogP contribution is -2.15. The zero-order valence-corrected chi connectivity index (χ0v) is 15.1. The van der Waals surface area contributed by atoms with Crippen LogP contribution in [0.1, 0.15) is 16.0 Å². The van der Waals surface area contributed by atoms with Gasteiger partial charge in [0.2, 0.25) is 0 Å². The monoisotopic (exact) mass is 344 g/mol. The highest BCUT2D eigenvalue weighted by Crippen LogP contribution is 2.33. The van der Waals surface area contributed by atoms with Crippen molar-refractivity contribution in [3.8, 4) is 0 Å². The van der Waals surface area contributed by atoms with Gasteiger partial charge in [-0.05, 0) is 62.0 Å². The van der Waals surface area contributed by atoms with E-state index < -0.39 is 0 Å². The topological polar surface area (TPSA) is 16.1 Å². The first kappa shape index (κ1) is 16.4. The van der Waals surface area contributed by atoms with Crippen LogP contribution in [0, 0.1) is 0 Å². The van der Waals surface area contributed by atoms with Crippen molar-refractivity contribution in [2.75, 3.05) is 20.6 Å². The molecule has 3 aromatic rings. The number of rotatable bonds is 6. The Kier molecular flexibility index (Phi) is 5.31. The maximum Gasteiger partial charge on any atom is 0.132 e. The van der Waals surface area contributed by atoms with Crippen molar-refractivity contribution >= 4 is 33.0 Å². The molecule has 0 N–H and O–H groups in total. The van der Waals surface area contributed by atoms with Gasteiger partial charge in [0, 0.05) is 22.3 Å². The Hall–Kier alpha value is -1.42. The van der Waals surface area contributed by atoms with Crippen molar-refractivity contribution in [1.82, 2.24) is 9.88 Å². The first-order valence-electron chi connectivity index (χ1n) is 7.88. The Bertz CT molecular complexity index is 795. The number of fused-ring (bicyclic) bond motifs is 1. The minimum atomic E-state index is 0.627. The van der Waals surface area contributed by atoms with Crippen LogP contribution >= 0.6 is 22.9 Å². The molecular weight excluding hydrogens is 324 g/mol. The van der Waals surface area contributed by atoms with Gasteiger partial charge in [0.15, 0.2) is 0 Å². The van der Waals surface area contributed by atoms with Gasteiger partial charge in [0.25, 0.3) is 0 Å². The van der Waals surface area contributed by atoms with Crippen molar-refractivity contribution in [3.63, 3.8) is 0 Å². The van der Waals surface area contributed by atoms with Crippen molar-refractivity contribution < 1.29 is 0 Å². The fourth-order valence-electron chi connectivity index (χ4n) is 2.82. The van der Waals surface area contributed by atoms with E-state index in [2.05, 4.69) is 54.3 Å². The van der Waals surface area contributed by atoms with E-state index in [1.165, 1.54) is 20.5 Å². The molecule has 4 heteroatoms. The summed E-state index contributed by atoms with van der Waals surface area (Å²) in [5.74, 6) is 0. The highest BCUT2D eigenvalue weighted by Gasteiger charge is 2.13. The Morgan fingerprint density at radius 2 is 1.87 bits per heavy atom. The van der Waals surface area contributed by atoms with Crippen LogP contribution in [0.4, 0.5) is 0 Å². The third kappa shape index (κ3) is 3.92. The van der Waals surface area contributed by atoms with Crippen LogP contribution in [-0.4, -0.2) is 30.5 Å². The Balaban J connectivity index is 1.88. The van der Waals surface area contributed by atoms with Crippen molar-refractivity contribution in [2.45, 2.75) is 19.3 Å². The van der Waals surface area contributed by atoms with E-state index in [1.807, 2.05) is 17.4 Å². The van der Waals surface area contributed by atoms with Crippen LogP contribution in [0.15, 0.2) is 42.6 Å². The van der Waals surface area contributed by atoms with Gasteiger partial charge < -0.3 is 4.90 Å². The van der Waals surface area contributed by atoms with E-state index in [0.717, 1.165) is 31.4 Å². The second-order valence-corrected chi connectivity index (χ2v) is 7.50. The molecule has 0 amide bonds. The van der Waals surface area contributed by atoms with Crippen LogP contribution in [-0.2, 0) is 19.3 Å². The van der Waals surface area contributed by atoms with Gasteiger partial charge in [-0.25, -0.2) is 4.98 Å². The maximum absolute atomic E-state index is 6.21. The Morgan fingerprint density at radius 3 is 2.65 bits per heavy atom. The number of nitrogens with zero attached hydrogens (tertiary/aromatic N) is 2. The van der Waals surface area contributed by atoms with Crippen molar-refractivity contribution in [3.05, 3.63) is 63.8 Å². The smallest absolute Gasteiger partial charge is 0.132 e. The average molecular weight is 345 g/mol. The lowest BCUT2D eigenvalue weighted by molar-refractivity contribution is 0.414. The molecule has 2 heterocycles. The van der Waals surface area contributed by atoms with Gasteiger partial charge in [-0.2, -0.15) is 0 Å². The minimum absolute atomic E-state index is 0.627. The zero-order chi connectivity index (χ0) is 16.2. The highest BCUT2D eigenvalue weighted by molar-refractivity contribution is 7.19. The molecule has 3 rings (SSSR count). The molecule has 0 saturated heterocycles. The summed E-state index contributed by atoms with van der Waals surface area (Å²) in [6.07, 6.45) is 4.79. The Morgan fingerprint density at radius 1 is 1.04 bits per heavy atom. The molecule has 1 aromatic carbocycles. The molecule has 0 bridgehead atoms.